The van der Waals surface area contributed by atoms with Crippen molar-refractivity contribution in [1.29, 1.82) is 0 Å². The average molecular weight is 447 g/mol. The summed E-state index contributed by atoms with van der Waals surface area (Å²) in [4.78, 5) is 19.3. The largest absolute Gasteiger partial charge is 0.491 e. The number of carboxylic acid groups (broad SMARTS) is 1. The first-order chi connectivity index (χ1) is 15.9. The highest BCUT2D eigenvalue weighted by atomic mass is 16.5. The van der Waals surface area contributed by atoms with Crippen LogP contribution in [0.2, 0.25) is 0 Å². The molecule has 0 spiro atoms. The summed E-state index contributed by atoms with van der Waals surface area (Å²) in [6.45, 7) is 8.49. The molecule has 4 rings (SSSR count). The molecule has 1 N–H and O–H groups in total. The lowest BCUT2D eigenvalue weighted by atomic mass is 10.1. The van der Waals surface area contributed by atoms with E-state index in [0.29, 0.717) is 31.2 Å². The highest BCUT2D eigenvalue weighted by Crippen LogP contribution is 2.29. The van der Waals surface area contributed by atoms with Crippen LogP contribution in [0.3, 0.4) is 0 Å². The van der Waals surface area contributed by atoms with E-state index in [9.17, 15) is 4.79 Å². The minimum Gasteiger partial charge on any atom is -0.491 e. The summed E-state index contributed by atoms with van der Waals surface area (Å²) in [6.07, 6.45) is 2.58. The van der Waals surface area contributed by atoms with Gasteiger partial charge in [0.25, 0.3) is 5.89 Å². The number of fused-ring (bicyclic) bond motifs is 1. The molecule has 0 aliphatic heterocycles. The van der Waals surface area contributed by atoms with Crippen molar-refractivity contribution >= 4 is 23.6 Å². The van der Waals surface area contributed by atoms with Crippen molar-refractivity contribution in [2.45, 2.75) is 45.9 Å². The molecule has 0 aliphatic rings. The summed E-state index contributed by atoms with van der Waals surface area (Å²) in [7, 11) is 0. The van der Waals surface area contributed by atoms with Crippen molar-refractivity contribution in [3.63, 3.8) is 0 Å². The summed E-state index contributed by atoms with van der Waals surface area (Å²) in [5.41, 5.74) is 3.29. The molecule has 0 aliphatic carbocycles. The van der Waals surface area contributed by atoms with Crippen LogP contribution in [0.1, 0.15) is 32.3 Å². The predicted molar refractivity (Wildman–Crippen MR) is 124 cm³/mol. The topological polar surface area (TPSA) is 116 Å². The van der Waals surface area contributed by atoms with Gasteiger partial charge in [-0.3, -0.25) is 14.5 Å². The molecule has 0 saturated carbocycles. The molecule has 0 atom stereocenters. The molecule has 170 valence electrons. The molecule has 9 heteroatoms. The van der Waals surface area contributed by atoms with E-state index in [1.807, 2.05) is 56.4 Å². The molecule has 2 aromatic carbocycles. The van der Waals surface area contributed by atoms with Crippen molar-refractivity contribution in [2.75, 3.05) is 0 Å². The van der Waals surface area contributed by atoms with Crippen LogP contribution < -0.4 is 4.74 Å². The Balaban J connectivity index is 1.57. The van der Waals surface area contributed by atoms with Crippen molar-refractivity contribution in [2.24, 2.45) is 4.99 Å². The number of aliphatic imine (C=N–C) groups is 1. The van der Waals surface area contributed by atoms with Crippen molar-refractivity contribution in [3.05, 3.63) is 48.2 Å². The highest BCUT2D eigenvalue weighted by Gasteiger charge is 2.15. The maximum absolute atomic E-state index is 10.7. The number of aryl methyl sites for hydroxylation is 1. The van der Waals surface area contributed by atoms with Crippen molar-refractivity contribution < 1.29 is 19.2 Å². The Morgan fingerprint density at radius 2 is 2.06 bits per heavy atom. The Morgan fingerprint density at radius 1 is 1.24 bits per heavy atom. The molecule has 9 nitrogen and oxygen atoms in total. The molecular formula is C24H25N5O4. The number of hydrogen-bond donors (Lipinski definition) is 1. The summed E-state index contributed by atoms with van der Waals surface area (Å²) in [5, 5.41) is 18.4. The van der Waals surface area contributed by atoms with Gasteiger partial charge in [0.1, 0.15) is 5.75 Å². The van der Waals surface area contributed by atoms with Gasteiger partial charge in [0.05, 0.1) is 18.2 Å². The van der Waals surface area contributed by atoms with E-state index in [2.05, 4.69) is 26.9 Å². The van der Waals surface area contributed by atoms with E-state index >= 15 is 0 Å². The Morgan fingerprint density at radius 3 is 2.82 bits per heavy atom. The molecule has 4 aromatic rings. The molecule has 2 aromatic heterocycles. The number of aliphatic carboxylic acids is 1. The van der Waals surface area contributed by atoms with Crippen LogP contribution in [0.15, 0.2) is 52.1 Å². The molecule has 33 heavy (non-hydrogen) atoms. The van der Waals surface area contributed by atoms with Crippen LogP contribution in [0.25, 0.3) is 33.7 Å². The molecule has 0 unspecified atom stereocenters. The number of ether oxygens (including phenoxy) is 1. The van der Waals surface area contributed by atoms with Crippen LogP contribution in [-0.2, 0) is 17.9 Å². The highest BCUT2D eigenvalue weighted by molar-refractivity contribution is 5.83. The SMILES string of the molecule is C=NCc1cc(-c2nc(-c3ccc4nn(CCCC(=O)O)cc4c3)no2)ccc1OC(C)C. The summed E-state index contributed by atoms with van der Waals surface area (Å²) >= 11 is 0. The smallest absolute Gasteiger partial charge is 0.303 e. The first kappa shape index (κ1) is 22.2. The van der Waals surface area contributed by atoms with E-state index in [-0.39, 0.29) is 12.5 Å². The second kappa shape index (κ2) is 9.64. The van der Waals surface area contributed by atoms with Crippen molar-refractivity contribution in [3.8, 4) is 28.6 Å². The third kappa shape index (κ3) is 5.25. The summed E-state index contributed by atoms with van der Waals surface area (Å²) < 4.78 is 13.1. The minimum absolute atomic E-state index is 0.0471. The quantitative estimate of drug-likeness (QED) is 0.353. The number of aromatic nitrogens is 4. The van der Waals surface area contributed by atoms with Gasteiger partial charge in [-0.25, -0.2) is 0 Å². The zero-order chi connectivity index (χ0) is 23.4. The third-order valence-electron chi connectivity index (χ3n) is 4.97. The molecule has 0 amide bonds. The normalized spacial score (nSPS) is 11.2. The second-order valence-corrected chi connectivity index (χ2v) is 7.96. The first-order valence-corrected chi connectivity index (χ1v) is 10.7. The van der Waals surface area contributed by atoms with Gasteiger partial charge >= 0.3 is 5.97 Å². The first-order valence-electron chi connectivity index (χ1n) is 10.7. The van der Waals surface area contributed by atoms with E-state index in [0.717, 1.165) is 33.3 Å². The number of rotatable bonds is 10. The summed E-state index contributed by atoms with van der Waals surface area (Å²) in [5.74, 6) is 0.816. The number of carbonyl (C=O) groups is 1. The second-order valence-electron chi connectivity index (χ2n) is 7.96. The lowest BCUT2D eigenvalue weighted by Crippen LogP contribution is -2.07. The van der Waals surface area contributed by atoms with Gasteiger partial charge in [-0.2, -0.15) is 10.1 Å². The predicted octanol–water partition coefficient (Wildman–Crippen LogP) is 4.61. The van der Waals surface area contributed by atoms with E-state index in [1.165, 1.54) is 0 Å². The Labute approximate surface area is 190 Å². The van der Waals surface area contributed by atoms with Gasteiger partial charge in [0, 0.05) is 41.2 Å². The monoisotopic (exact) mass is 447 g/mol. The van der Waals surface area contributed by atoms with Crippen molar-refractivity contribution in [1.82, 2.24) is 19.9 Å². The van der Waals surface area contributed by atoms with Gasteiger partial charge in [-0.15, -0.1) is 0 Å². The third-order valence-corrected chi connectivity index (χ3v) is 4.97. The number of benzene rings is 2. The fraction of sp³-hybridized carbons (Fsp3) is 0.292. The molecule has 2 heterocycles. The Bertz CT molecular complexity index is 1290. The fourth-order valence-electron chi connectivity index (χ4n) is 3.51. The maximum Gasteiger partial charge on any atom is 0.303 e. The van der Waals surface area contributed by atoms with Gasteiger partial charge in [0.15, 0.2) is 0 Å². The number of nitrogens with zero attached hydrogens (tertiary/aromatic N) is 5. The summed E-state index contributed by atoms with van der Waals surface area (Å²) in [6, 6.07) is 11.4. The average Bonchev–Trinajstić information content (AvgIpc) is 3.41. The molecule has 0 fully saturated rings. The standard InChI is InChI=1S/C24H25N5O4/c1-15(2)32-21-9-7-17(12-18(21)13-25-3)24-26-23(28-33-24)16-6-8-20-19(11-16)14-29(27-20)10-4-5-22(30)31/h6-9,11-12,14-15H,3-5,10,13H2,1-2H3,(H,30,31). The van der Waals surface area contributed by atoms with Gasteiger partial charge in [-0.05, 0) is 63.4 Å². The van der Waals surface area contributed by atoms with Gasteiger partial charge < -0.3 is 14.4 Å². The van der Waals surface area contributed by atoms with E-state index in [4.69, 9.17) is 14.4 Å². The Kier molecular flexibility index (Phi) is 6.48. The maximum atomic E-state index is 10.7. The van der Waals surface area contributed by atoms with Crippen LogP contribution in [-0.4, -0.2) is 43.8 Å². The molecular weight excluding hydrogens is 422 g/mol. The number of hydrogen-bond acceptors (Lipinski definition) is 7. The fourth-order valence-corrected chi connectivity index (χ4v) is 3.51. The van der Waals surface area contributed by atoms with Gasteiger partial charge in [0.2, 0.25) is 5.82 Å². The van der Waals surface area contributed by atoms with Crippen LogP contribution in [0, 0.1) is 0 Å². The molecule has 0 saturated heterocycles. The lowest BCUT2D eigenvalue weighted by Gasteiger charge is -2.13. The van der Waals surface area contributed by atoms with Crippen LogP contribution >= 0.6 is 0 Å². The van der Waals surface area contributed by atoms with E-state index in [1.54, 1.807) is 4.68 Å². The van der Waals surface area contributed by atoms with E-state index < -0.39 is 5.97 Å². The minimum atomic E-state index is -0.808. The lowest BCUT2D eigenvalue weighted by molar-refractivity contribution is -0.137. The zero-order valence-electron chi connectivity index (χ0n) is 18.6. The number of carboxylic acids is 1. The zero-order valence-corrected chi connectivity index (χ0v) is 18.6. The molecule has 0 bridgehead atoms. The van der Waals surface area contributed by atoms with Crippen LogP contribution in [0.4, 0.5) is 0 Å². The Hall–Kier alpha value is -4.01. The molecule has 0 radical (unpaired) electrons. The van der Waals surface area contributed by atoms with Gasteiger partial charge in [-0.1, -0.05) is 5.16 Å². The van der Waals surface area contributed by atoms with Crippen LogP contribution in [0.5, 0.6) is 5.75 Å².